The van der Waals surface area contributed by atoms with Gasteiger partial charge in [0.1, 0.15) is 36.0 Å². The zero-order valence-corrected chi connectivity index (χ0v) is 24.4. The summed E-state index contributed by atoms with van der Waals surface area (Å²) in [4.78, 5) is 65.5. The van der Waals surface area contributed by atoms with E-state index in [-0.39, 0.29) is 25.1 Å². The first-order chi connectivity index (χ1) is 19.4. The van der Waals surface area contributed by atoms with Crippen molar-refractivity contribution in [2.75, 3.05) is 25.2 Å². The summed E-state index contributed by atoms with van der Waals surface area (Å²) in [6.07, 6.45) is 2.93. The van der Waals surface area contributed by atoms with E-state index in [0.29, 0.717) is 24.2 Å². The highest BCUT2D eigenvalue weighted by Crippen LogP contribution is 2.19. The number of aliphatic carboxylic acids is 1. The molecular formula is C27H41N5O8S. The molecule has 2 rings (SSSR count). The lowest BCUT2D eigenvalue weighted by molar-refractivity contribution is -0.143. The maximum absolute atomic E-state index is 13.6. The van der Waals surface area contributed by atoms with Gasteiger partial charge >= 0.3 is 5.97 Å². The molecule has 0 radical (unpaired) electrons. The Morgan fingerprint density at radius 1 is 1.05 bits per heavy atom. The van der Waals surface area contributed by atoms with Gasteiger partial charge in [-0.15, -0.1) is 0 Å². The van der Waals surface area contributed by atoms with Gasteiger partial charge in [0, 0.05) is 13.0 Å². The van der Waals surface area contributed by atoms with Crippen molar-refractivity contribution in [2.45, 2.75) is 69.7 Å². The molecule has 5 unspecified atom stereocenters. The van der Waals surface area contributed by atoms with Crippen molar-refractivity contribution >= 4 is 41.4 Å². The summed E-state index contributed by atoms with van der Waals surface area (Å²) in [5.74, 6) is -3.57. The Morgan fingerprint density at radius 2 is 1.68 bits per heavy atom. The summed E-state index contributed by atoms with van der Waals surface area (Å²) < 4.78 is 0. The second-order valence-corrected chi connectivity index (χ2v) is 11.3. The van der Waals surface area contributed by atoms with Crippen LogP contribution >= 0.6 is 11.8 Å². The van der Waals surface area contributed by atoms with E-state index >= 15 is 0 Å². The van der Waals surface area contributed by atoms with E-state index < -0.39 is 72.3 Å². The molecule has 0 bridgehead atoms. The van der Waals surface area contributed by atoms with Crippen LogP contribution in [-0.2, 0) is 30.4 Å². The number of phenols is 1. The van der Waals surface area contributed by atoms with Crippen molar-refractivity contribution in [2.24, 2.45) is 11.7 Å². The molecule has 0 saturated carbocycles. The molecule has 41 heavy (non-hydrogen) atoms. The summed E-state index contributed by atoms with van der Waals surface area (Å²) in [5, 5.41) is 36.3. The quantitative estimate of drug-likeness (QED) is 0.134. The minimum atomic E-state index is -1.20. The number of aliphatic hydroxyl groups is 1. The predicted molar refractivity (Wildman–Crippen MR) is 153 cm³/mol. The van der Waals surface area contributed by atoms with Crippen molar-refractivity contribution in [3.05, 3.63) is 29.8 Å². The topological polar surface area (TPSA) is 211 Å². The minimum absolute atomic E-state index is 0.00921. The van der Waals surface area contributed by atoms with Gasteiger partial charge in [0.15, 0.2) is 0 Å². The number of carboxylic acid groups (broad SMARTS) is 1. The largest absolute Gasteiger partial charge is 0.508 e. The van der Waals surface area contributed by atoms with Gasteiger partial charge in [-0.25, -0.2) is 4.79 Å². The maximum atomic E-state index is 13.6. The number of benzene rings is 1. The second-order valence-electron chi connectivity index (χ2n) is 10.3. The first kappa shape index (κ1) is 33.8. The van der Waals surface area contributed by atoms with Gasteiger partial charge < -0.3 is 41.9 Å². The number of nitrogens with one attached hydrogen (secondary N) is 3. The number of likely N-dealkylation sites (tertiary alicyclic amines) is 1. The summed E-state index contributed by atoms with van der Waals surface area (Å²) in [6.45, 7) is 3.01. The molecule has 1 aromatic rings. The van der Waals surface area contributed by atoms with E-state index in [4.69, 9.17) is 5.73 Å². The molecule has 14 heteroatoms. The Bertz CT molecular complexity index is 1070. The van der Waals surface area contributed by atoms with Gasteiger partial charge in [-0.05, 0) is 54.9 Å². The first-order valence-corrected chi connectivity index (χ1v) is 14.9. The van der Waals surface area contributed by atoms with E-state index in [1.807, 2.05) is 6.26 Å². The van der Waals surface area contributed by atoms with Crippen LogP contribution in [-0.4, -0.2) is 105 Å². The SMILES string of the molecule is CSCCC(NC(=O)C(Cc1ccc(O)cc1)NC(=O)C1CCCN1C(=O)C(N)CO)C(=O)NC(C(=O)O)C(C)C. The van der Waals surface area contributed by atoms with Crippen LogP contribution in [0.15, 0.2) is 24.3 Å². The molecule has 228 valence electrons. The van der Waals surface area contributed by atoms with Crippen molar-refractivity contribution in [3.8, 4) is 5.75 Å². The molecule has 0 aromatic heterocycles. The number of nitrogens with zero attached hydrogens (tertiary/aromatic N) is 1. The Labute approximate surface area is 243 Å². The van der Waals surface area contributed by atoms with Crippen LogP contribution < -0.4 is 21.7 Å². The number of amides is 4. The van der Waals surface area contributed by atoms with Gasteiger partial charge in [-0.1, -0.05) is 26.0 Å². The van der Waals surface area contributed by atoms with Crippen molar-refractivity contribution in [3.63, 3.8) is 0 Å². The maximum Gasteiger partial charge on any atom is 0.326 e. The first-order valence-electron chi connectivity index (χ1n) is 13.5. The molecule has 5 atom stereocenters. The lowest BCUT2D eigenvalue weighted by Gasteiger charge is -2.29. The molecular weight excluding hydrogens is 554 g/mol. The zero-order chi connectivity index (χ0) is 30.7. The van der Waals surface area contributed by atoms with Gasteiger partial charge in [0.25, 0.3) is 0 Å². The third-order valence-corrected chi connectivity index (χ3v) is 7.48. The van der Waals surface area contributed by atoms with Crippen LogP contribution in [0.2, 0.25) is 0 Å². The molecule has 8 N–H and O–H groups in total. The van der Waals surface area contributed by atoms with Gasteiger partial charge in [-0.3, -0.25) is 19.2 Å². The van der Waals surface area contributed by atoms with Crippen LogP contribution in [0.1, 0.15) is 38.7 Å². The number of phenolic OH excluding ortho intramolecular Hbond substituents is 1. The standard InChI is InChI=1S/C27H41N5O8S/c1-15(2)22(27(39)40)31-23(35)19(10-12-41-3)29-24(36)20(13-16-6-8-17(34)9-7-16)30-25(37)21-5-4-11-32(21)26(38)18(28)14-33/h6-9,15,18-22,33-34H,4-5,10-14,28H2,1-3H3,(H,29,36)(H,30,37)(H,31,35)(H,39,40). The molecule has 1 aliphatic rings. The molecule has 0 aliphatic carbocycles. The number of carbonyl (C=O) groups is 5. The molecule has 1 aromatic carbocycles. The third kappa shape index (κ3) is 9.90. The average molecular weight is 596 g/mol. The predicted octanol–water partition coefficient (Wildman–Crippen LogP) is -0.807. The number of hydrogen-bond acceptors (Lipinski definition) is 9. The van der Waals surface area contributed by atoms with Crippen LogP contribution in [0.4, 0.5) is 0 Å². The normalized spacial score (nSPS) is 17.8. The number of rotatable bonds is 15. The van der Waals surface area contributed by atoms with Gasteiger partial charge in [-0.2, -0.15) is 11.8 Å². The van der Waals surface area contributed by atoms with E-state index in [9.17, 15) is 39.3 Å². The smallest absolute Gasteiger partial charge is 0.326 e. The molecule has 0 spiro atoms. The van der Waals surface area contributed by atoms with E-state index in [1.54, 1.807) is 26.0 Å². The van der Waals surface area contributed by atoms with Crippen LogP contribution in [0, 0.1) is 5.92 Å². The molecule has 4 amide bonds. The van der Waals surface area contributed by atoms with Gasteiger partial charge in [0.05, 0.1) is 6.61 Å². The number of hydrogen-bond donors (Lipinski definition) is 7. The lowest BCUT2D eigenvalue weighted by Crippen LogP contribution is -2.59. The second kappa shape index (κ2) is 16.2. The van der Waals surface area contributed by atoms with E-state index in [1.165, 1.54) is 28.8 Å². The van der Waals surface area contributed by atoms with E-state index in [0.717, 1.165) is 0 Å². The van der Waals surface area contributed by atoms with Gasteiger partial charge in [0.2, 0.25) is 23.6 Å². The van der Waals surface area contributed by atoms with Crippen LogP contribution in [0.3, 0.4) is 0 Å². The molecule has 1 fully saturated rings. The van der Waals surface area contributed by atoms with Crippen molar-refractivity contribution < 1.29 is 39.3 Å². The zero-order valence-electron chi connectivity index (χ0n) is 23.5. The van der Waals surface area contributed by atoms with E-state index in [2.05, 4.69) is 16.0 Å². The third-order valence-electron chi connectivity index (χ3n) is 6.84. The molecule has 1 saturated heterocycles. The number of nitrogens with two attached hydrogens (primary N) is 1. The molecule has 1 aliphatic heterocycles. The monoisotopic (exact) mass is 595 g/mol. The lowest BCUT2D eigenvalue weighted by atomic mass is 10.0. The fraction of sp³-hybridized carbons (Fsp3) is 0.593. The molecule has 1 heterocycles. The Balaban J connectivity index is 2.28. The highest BCUT2D eigenvalue weighted by molar-refractivity contribution is 7.98. The van der Waals surface area contributed by atoms with Crippen molar-refractivity contribution in [1.29, 1.82) is 0 Å². The number of carboxylic acids is 1. The number of thioether (sulfide) groups is 1. The summed E-state index contributed by atoms with van der Waals surface area (Å²) >= 11 is 1.45. The number of carbonyl (C=O) groups excluding carboxylic acids is 4. The summed E-state index contributed by atoms with van der Waals surface area (Å²) in [6, 6.07) is 0.599. The minimum Gasteiger partial charge on any atom is -0.508 e. The average Bonchev–Trinajstić information content (AvgIpc) is 3.43. The Morgan fingerprint density at radius 3 is 2.24 bits per heavy atom. The van der Waals surface area contributed by atoms with Crippen molar-refractivity contribution in [1.82, 2.24) is 20.9 Å². The van der Waals surface area contributed by atoms with Crippen LogP contribution in [0.25, 0.3) is 0 Å². The summed E-state index contributed by atoms with van der Waals surface area (Å²) in [7, 11) is 0. The number of aliphatic hydroxyl groups excluding tert-OH is 1. The Hall–Kier alpha value is -3.36. The highest BCUT2D eigenvalue weighted by atomic mass is 32.2. The fourth-order valence-corrected chi connectivity index (χ4v) is 4.95. The fourth-order valence-electron chi connectivity index (χ4n) is 4.48. The molecule has 13 nitrogen and oxygen atoms in total. The Kier molecular flexibility index (Phi) is 13.4. The summed E-state index contributed by atoms with van der Waals surface area (Å²) in [5.41, 5.74) is 6.30. The highest BCUT2D eigenvalue weighted by Gasteiger charge is 2.38. The number of aromatic hydroxyl groups is 1. The van der Waals surface area contributed by atoms with Crippen LogP contribution in [0.5, 0.6) is 5.75 Å².